The summed E-state index contributed by atoms with van der Waals surface area (Å²) in [6, 6.07) is 2.08. The molecule has 0 spiro atoms. The second kappa shape index (κ2) is 4.40. The highest BCUT2D eigenvalue weighted by Gasteiger charge is 2.35. The molecule has 1 saturated carbocycles. The van der Waals surface area contributed by atoms with Gasteiger partial charge in [-0.25, -0.2) is 9.97 Å². The molecule has 16 heavy (non-hydrogen) atoms. The second-order valence-corrected chi connectivity index (χ2v) is 5.10. The standard InChI is InChI=1S/C13H21N3/c1-4-13(6-5-7-13)16-12-8-11(10(2)3)14-9-15-12/h8-10H,4-7H2,1-3H3,(H,14,15,16). The Kier molecular flexibility index (Phi) is 3.13. The highest BCUT2D eigenvalue weighted by atomic mass is 15.1. The monoisotopic (exact) mass is 219 g/mol. The van der Waals surface area contributed by atoms with E-state index < -0.39 is 0 Å². The number of nitrogens with one attached hydrogen (secondary N) is 1. The first kappa shape index (κ1) is 11.4. The second-order valence-electron chi connectivity index (χ2n) is 5.10. The molecule has 1 aromatic rings. The fourth-order valence-electron chi connectivity index (χ4n) is 2.20. The maximum Gasteiger partial charge on any atom is 0.130 e. The fraction of sp³-hybridized carbons (Fsp3) is 0.692. The summed E-state index contributed by atoms with van der Waals surface area (Å²) in [6.45, 7) is 6.56. The van der Waals surface area contributed by atoms with E-state index in [9.17, 15) is 0 Å². The first-order valence-electron chi connectivity index (χ1n) is 6.25. The van der Waals surface area contributed by atoms with E-state index in [0.29, 0.717) is 11.5 Å². The van der Waals surface area contributed by atoms with Crippen LogP contribution < -0.4 is 5.32 Å². The Morgan fingerprint density at radius 1 is 1.38 bits per heavy atom. The molecule has 1 fully saturated rings. The Balaban J connectivity index is 2.12. The molecule has 0 unspecified atom stereocenters. The number of hydrogen-bond acceptors (Lipinski definition) is 3. The number of nitrogens with zero attached hydrogens (tertiary/aromatic N) is 2. The molecule has 1 N–H and O–H groups in total. The smallest absolute Gasteiger partial charge is 0.130 e. The van der Waals surface area contributed by atoms with E-state index in [0.717, 1.165) is 11.5 Å². The van der Waals surface area contributed by atoms with Crippen molar-refractivity contribution in [3.8, 4) is 0 Å². The van der Waals surface area contributed by atoms with Crippen LogP contribution in [0.25, 0.3) is 0 Å². The summed E-state index contributed by atoms with van der Waals surface area (Å²) in [7, 11) is 0. The van der Waals surface area contributed by atoms with Crippen molar-refractivity contribution in [2.24, 2.45) is 0 Å². The van der Waals surface area contributed by atoms with Gasteiger partial charge < -0.3 is 5.32 Å². The van der Waals surface area contributed by atoms with Crippen LogP contribution in [0.1, 0.15) is 58.1 Å². The number of anilines is 1. The molecule has 0 saturated heterocycles. The van der Waals surface area contributed by atoms with Gasteiger partial charge in [0.25, 0.3) is 0 Å². The lowest BCUT2D eigenvalue weighted by atomic mass is 9.75. The van der Waals surface area contributed by atoms with Crippen LogP contribution in [0, 0.1) is 0 Å². The SMILES string of the molecule is CCC1(Nc2cc(C(C)C)ncn2)CCC1. The van der Waals surface area contributed by atoms with E-state index in [-0.39, 0.29) is 0 Å². The molecule has 0 aliphatic heterocycles. The maximum absolute atomic E-state index is 4.31. The fourth-order valence-corrected chi connectivity index (χ4v) is 2.20. The van der Waals surface area contributed by atoms with Crippen molar-refractivity contribution in [1.82, 2.24) is 9.97 Å². The normalized spacial score (nSPS) is 18.2. The quantitative estimate of drug-likeness (QED) is 0.844. The largest absolute Gasteiger partial charge is 0.365 e. The summed E-state index contributed by atoms with van der Waals surface area (Å²) in [5.41, 5.74) is 1.42. The molecule has 0 amide bonds. The number of rotatable bonds is 4. The molecule has 1 aliphatic rings. The van der Waals surface area contributed by atoms with Crippen molar-refractivity contribution in [3.05, 3.63) is 18.1 Å². The van der Waals surface area contributed by atoms with Gasteiger partial charge in [0.2, 0.25) is 0 Å². The van der Waals surface area contributed by atoms with Crippen molar-refractivity contribution in [2.45, 2.75) is 57.9 Å². The van der Waals surface area contributed by atoms with Gasteiger partial charge in [-0.15, -0.1) is 0 Å². The summed E-state index contributed by atoms with van der Waals surface area (Å²) in [4.78, 5) is 8.60. The molecule has 0 aromatic carbocycles. The third-order valence-corrected chi connectivity index (χ3v) is 3.66. The third-order valence-electron chi connectivity index (χ3n) is 3.66. The first-order chi connectivity index (χ1) is 7.65. The lowest BCUT2D eigenvalue weighted by Crippen LogP contribution is -2.44. The molecule has 3 heteroatoms. The lowest BCUT2D eigenvalue weighted by molar-refractivity contribution is 0.268. The summed E-state index contributed by atoms with van der Waals surface area (Å²) in [5, 5.41) is 3.59. The number of hydrogen-bond donors (Lipinski definition) is 1. The van der Waals surface area contributed by atoms with Gasteiger partial charge in [-0.05, 0) is 31.6 Å². The summed E-state index contributed by atoms with van der Waals surface area (Å²) < 4.78 is 0. The van der Waals surface area contributed by atoms with Crippen LogP contribution in [0.5, 0.6) is 0 Å². The minimum atomic E-state index is 0.308. The molecule has 88 valence electrons. The topological polar surface area (TPSA) is 37.8 Å². The van der Waals surface area contributed by atoms with Crippen LogP contribution in [-0.4, -0.2) is 15.5 Å². The van der Waals surface area contributed by atoms with E-state index >= 15 is 0 Å². The number of aromatic nitrogens is 2. The van der Waals surface area contributed by atoms with Gasteiger partial charge in [0.05, 0.1) is 0 Å². The van der Waals surface area contributed by atoms with E-state index in [1.54, 1.807) is 6.33 Å². The zero-order valence-corrected chi connectivity index (χ0v) is 10.5. The van der Waals surface area contributed by atoms with E-state index in [4.69, 9.17) is 0 Å². The van der Waals surface area contributed by atoms with Crippen LogP contribution in [0.3, 0.4) is 0 Å². The molecule has 1 aromatic heterocycles. The molecular weight excluding hydrogens is 198 g/mol. The van der Waals surface area contributed by atoms with Gasteiger partial charge in [-0.1, -0.05) is 20.8 Å². The van der Waals surface area contributed by atoms with Gasteiger partial charge in [0.1, 0.15) is 12.1 Å². The highest BCUT2D eigenvalue weighted by Crippen LogP contribution is 2.37. The third kappa shape index (κ3) is 2.18. The average Bonchev–Trinajstić information content (AvgIpc) is 2.24. The molecule has 0 bridgehead atoms. The highest BCUT2D eigenvalue weighted by molar-refractivity contribution is 5.39. The Morgan fingerprint density at radius 2 is 2.12 bits per heavy atom. The molecule has 1 heterocycles. The van der Waals surface area contributed by atoms with Gasteiger partial charge in [0.15, 0.2) is 0 Å². The van der Waals surface area contributed by atoms with Crippen molar-refractivity contribution >= 4 is 5.82 Å². The molecule has 0 atom stereocenters. The molecule has 0 radical (unpaired) electrons. The van der Waals surface area contributed by atoms with Crippen LogP contribution in [0.4, 0.5) is 5.82 Å². The first-order valence-corrected chi connectivity index (χ1v) is 6.25. The summed E-state index contributed by atoms with van der Waals surface area (Å²) >= 11 is 0. The minimum absolute atomic E-state index is 0.308. The predicted molar refractivity (Wildman–Crippen MR) is 66.6 cm³/mol. The molecule has 1 aliphatic carbocycles. The lowest BCUT2D eigenvalue weighted by Gasteiger charge is -2.42. The Hall–Kier alpha value is -1.12. The van der Waals surface area contributed by atoms with E-state index in [1.165, 1.54) is 25.7 Å². The van der Waals surface area contributed by atoms with Crippen molar-refractivity contribution in [2.75, 3.05) is 5.32 Å². The van der Waals surface area contributed by atoms with Crippen molar-refractivity contribution in [1.29, 1.82) is 0 Å². The van der Waals surface area contributed by atoms with E-state index in [1.807, 2.05) is 0 Å². The Morgan fingerprint density at radius 3 is 2.62 bits per heavy atom. The van der Waals surface area contributed by atoms with Gasteiger partial charge >= 0.3 is 0 Å². The Bertz CT molecular complexity index is 350. The van der Waals surface area contributed by atoms with Gasteiger partial charge in [-0.2, -0.15) is 0 Å². The molecular formula is C13H21N3. The average molecular weight is 219 g/mol. The summed E-state index contributed by atoms with van der Waals surface area (Å²) in [5.74, 6) is 1.45. The van der Waals surface area contributed by atoms with Crippen molar-refractivity contribution in [3.63, 3.8) is 0 Å². The van der Waals surface area contributed by atoms with Crippen LogP contribution in [0.15, 0.2) is 12.4 Å². The molecule has 3 nitrogen and oxygen atoms in total. The minimum Gasteiger partial charge on any atom is -0.365 e. The van der Waals surface area contributed by atoms with Crippen LogP contribution in [-0.2, 0) is 0 Å². The van der Waals surface area contributed by atoms with Gasteiger partial charge in [-0.3, -0.25) is 0 Å². The summed E-state index contributed by atoms with van der Waals surface area (Å²) in [6.07, 6.45) is 6.71. The Labute approximate surface area is 97.7 Å². The maximum atomic E-state index is 4.31. The van der Waals surface area contributed by atoms with E-state index in [2.05, 4.69) is 42.1 Å². The predicted octanol–water partition coefficient (Wildman–Crippen LogP) is 3.34. The zero-order chi connectivity index (χ0) is 11.6. The van der Waals surface area contributed by atoms with Crippen molar-refractivity contribution < 1.29 is 0 Å². The van der Waals surface area contributed by atoms with Gasteiger partial charge in [0, 0.05) is 17.3 Å². The zero-order valence-electron chi connectivity index (χ0n) is 10.5. The molecule has 2 rings (SSSR count). The van der Waals surface area contributed by atoms with Crippen LogP contribution >= 0.6 is 0 Å². The van der Waals surface area contributed by atoms with Crippen LogP contribution in [0.2, 0.25) is 0 Å².